The van der Waals surface area contributed by atoms with Crippen LogP contribution in [0.5, 0.6) is 5.75 Å². The quantitative estimate of drug-likeness (QED) is 0.336. The van der Waals surface area contributed by atoms with Gasteiger partial charge in [0, 0.05) is 47.4 Å². The maximum absolute atomic E-state index is 13.9. The lowest BCUT2D eigenvalue weighted by Gasteiger charge is -2.17. The minimum atomic E-state index is -0.325. The van der Waals surface area contributed by atoms with Crippen LogP contribution in [-0.4, -0.2) is 69.4 Å². The van der Waals surface area contributed by atoms with E-state index >= 15 is 0 Å². The molecule has 190 valence electrons. The van der Waals surface area contributed by atoms with Crippen molar-refractivity contribution in [3.63, 3.8) is 0 Å². The lowest BCUT2D eigenvalue weighted by molar-refractivity contribution is 0.261. The fraction of sp³-hybridized carbons (Fsp3) is 0.179. The van der Waals surface area contributed by atoms with Crippen LogP contribution in [0.15, 0.2) is 72.2 Å². The summed E-state index contributed by atoms with van der Waals surface area (Å²) >= 11 is 0. The molecule has 6 rings (SSSR count). The van der Waals surface area contributed by atoms with E-state index in [1.165, 1.54) is 12.1 Å². The highest BCUT2D eigenvalue weighted by Crippen LogP contribution is 2.30. The second kappa shape index (κ2) is 9.98. The van der Waals surface area contributed by atoms with Crippen LogP contribution in [0.1, 0.15) is 11.4 Å². The molecule has 0 aliphatic carbocycles. The number of ether oxygens (including phenoxy) is 1. The van der Waals surface area contributed by atoms with Gasteiger partial charge in [-0.05, 0) is 44.4 Å². The summed E-state index contributed by atoms with van der Waals surface area (Å²) in [5.74, 6) is 1.68. The summed E-state index contributed by atoms with van der Waals surface area (Å²) < 4.78 is 19.8. The average Bonchev–Trinajstić information content (AvgIpc) is 3.37. The van der Waals surface area contributed by atoms with Crippen LogP contribution >= 0.6 is 0 Å². The van der Waals surface area contributed by atoms with E-state index in [1.54, 1.807) is 30.9 Å². The predicted octanol–water partition coefficient (Wildman–Crippen LogP) is 4.38. The standard InChI is InChI=1S/C28H25FN8O/c1-37(2)8-9-38-21-11-18(13-30-15-21)19-12-22-25(33-16-34-27(22)32-14-19)28-35-23-6-7-31-24(26(23)36-28)17-4-3-5-20(29)10-17/h3-7,10-15H,8-9,16H2,1-2H3,(H,32,34)(H,35,36). The van der Waals surface area contributed by atoms with E-state index in [2.05, 4.69) is 30.2 Å². The first-order chi connectivity index (χ1) is 18.5. The first kappa shape index (κ1) is 23.7. The zero-order valence-corrected chi connectivity index (χ0v) is 20.9. The van der Waals surface area contributed by atoms with Crippen molar-refractivity contribution in [3.8, 4) is 28.1 Å². The second-order valence-electron chi connectivity index (χ2n) is 9.17. The van der Waals surface area contributed by atoms with Gasteiger partial charge in [0.25, 0.3) is 0 Å². The van der Waals surface area contributed by atoms with E-state index in [4.69, 9.17) is 14.7 Å². The van der Waals surface area contributed by atoms with Crippen molar-refractivity contribution in [2.24, 2.45) is 4.99 Å². The van der Waals surface area contributed by atoms with Crippen LogP contribution in [0.25, 0.3) is 33.4 Å². The molecule has 0 fully saturated rings. The van der Waals surface area contributed by atoms with Crippen molar-refractivity contribution in [2.45, 2.75) is 0 Å². The summed E-state index contributed by atoms with van der Waals surface area (Å²) in [4.78, 5) is 28.5. The first-order valence-electron chi connectivity index (χ1n) is 12.2. The zero-order valence-electron chi connectivity index (χ0n) is 20.9. The average molecular weight is 509 g/mol. The van der Waals surface area contributed by atoms with Crippen molar-refractivity contribution in [1.82, 2.24) is 29.8 Å². The molecule has 0 bridgehead atoms. The van der Waals surface area contributed by atoms with Gasteiger partial charge < -0.3 is 19.9 Å². The molecular formula is C28H25FN8O. The minimum absolute atomic E-state index is 0.325. The number of hydrogen-bond acceptors (Lipinski definition) is 8. The monoisotopic (exact) mass is 508 g/mol. The number of aromatic amines is 1. The van der Waals surface area contributed by atoms with Gasteiger partial charge in [-0.2, -0.15) is 0 Å². The van der Waals surface area contributed by atoms with Crippen LogP contribution in [0.4, 0.5) is 10.2 Å². The third-order valence-electron chi connectivity index (χ3n) is 6.20. The number of imidazole rings is 1. The molecule has 38 heavy (non-hydrogen) atoms. The Balaban J connectivity index is 1.36. The van der Waals surface area contributed by atoms with E-state index in [1.807, 2.05) is 38.4 Å². The molecule has 5 aromatic rings. The molecule has 2 N–H and O–H groups in total. The van der Waals surface area contributed by atoms with Crippen LogP contribution in [0.2, 0.25) is 0 Å². The summed E-state index contributed by atoms with van der Waals surface area (Å²) in [5, 5.41) is 3.23. The Bertz CT molecular complexity index is 1660. The number of benzene rings is 1. The lowest BCUT2D eigenvalue weighted by Crippen LogP contribution is -2.19. The van der Waals surface area contributed by atoms with E-state index in [0.29, 0.717) is 53.2 Å². The van der Waals surface area contributed by atoms with Gasteiger partial charge in [-0.3, -0.25) is 15.0 Å². The van der Waals surface area contributed by atoms with Crippen LogP contribution in [0.3, 0.4) is 0 Å². The Morgan fingerprint density at radius 1 is 1.00 bits per heavy atom. The van der Waals surface area contributed by atoms with Crippen LogP contribution in [-0.2, 0) is 0 Å². The minimum Gasteiger partial charge on any atom is -0.491 e. The molecule has 5 heterocycles. The number of aromatic nitrogens is 5. The van der Waals surface area contributed by atoms with Crippen LogP contribution < -0.4 is 10.1 Å². The number of fused-ring (bicyclic) bond motifs is 2. The molecule has 0 atom stereocenters. The van der Waals surface area contributed by atoms with Gasteiger partial charge >= 0.3 is 0 Å². The Morgan fingerprint density at radius 2 is 1.89 bits per heavy atom. The van der Waals surface area contributed by atoms with Gasteiger partial charge in [0.2, 0.25) is 0 Å². The number of nitrogens with one attached hydrogen (secondary N) is 2. The van der Waals surface area contributed by atoms with Gasteiger partial charge in [-0.25, -0.2) is 14.4 Å². The summed E-state index contributed by atoms with van der Waals surface area (Å²) in [6.45, 7) is 1.75. The van der Waals surface area contributed by atoms with Gasteiger partial charge in [-0.15, -0.1) is 0 Å². The van der Waals surface area contributed by atoms with Gasteiger partial charge in [0.05, 0.1) is 17.4 Å². The summed E-state index contributed by atoms with van der Waals surface area (Å²) in [5.41, 5.74) is 5.94. The molecule has 1 aliphatic rings. The van der Waals surface area contributed by atoms with Crippen molar-refractivity contribution in [2.75, 3.05) is 39.2 Å². The number of H-pyrrole nitrogens is 1. The predicted molar refractivity (Wildman–Crippen MR) is 145 cm³/mol. The molecule has 0 spiro atoms. The Kier molecular flexibility index (Phi) is 6.22. The molecule has 10 heteroatoms. The first-order valence-corrected chi connectivity index (χ1v) is 12.2. The lowest BCUT2D eigenvalue weighted by atomic mass is 10.0. The number of rotatable bonds is 7. The van der Waals surface area contributed by atoms with E-state index < -0.39 is 0 Å². The van der Waals surface area contributed by atoms with E-state index in [0.717, 1.165) is 28.8 Å². The summed E-state index contributed by atoms with van der Waals surface area (Å²) in [7, 11) is 4.01. The van der Waals surface area contributed by atoms with Gasteiger partial charge in [0.1, 0.15) is 41.9 Å². The molecule has 0 unspecified atom stereocenters. The fourth-order valence-corrected chi connectivity index (χ4v) is 4.32. The second-order valence-corrected chi connectivity index (χ2v) is 9.17. The fourth-order valence-electron chi connectivity index (χ4n) is 4.32. The third kappa shape index (κ3) is 4.69. The summed E-state index contributed by atoms with van der Waals surface area (Å²) in [6, 6.07) is 12.2. The molecule has 0 saturated heterocycles. The number of hydrogen-bond donors (Lipinski definition) is 2. The smallest absolute Gasteiger partial charge is 0.157 e. The summed E-state index contributed by atoms with van der Waals surface area (Å²) in [6.07, 6.45) is 6.98. The number of pyridine rings is 3. The molecular weight excluding hydrogens is 483 g/mol. The number of nitrogens with zero attached hydrogens (tertiary/aromatic N) is 6. The molecule has 4 aromatic heterocycles. The van der Waals surface area contributed by atoms with E-state index in [-0.39, 0.29) is 5.82 Å². The number of likely N-dealkylation sites (N-methyl/N-ethyl adjacent to an activating group) is 1. The van der Waals surface area contributed by atoms with Crippen molar-refractivity contribution < 1.29 is 9.13 Å². The Hall–Kier alpha value is -4.70. The van der Waals surface area contributed by atoms with Crippen molar-refractivity contribution >= 4 is 22.6 Å². The highest BCUT2D eigenvalue weighted by atomic mass is 19.1. The largest absolute Gasteiger partial charge is 0.491 e. The Morgan fingerprint density at radius 3 is 2.76 bits per heavy atom. The molecule has 1 aliphatic heterocycles. The van der Waals surface area contributed by atoms with Crippen molar-refractivity contribution in [1.29, 1.82) is 0 Å². The molecule has 0 saturated carbocycles. The highest BCUT2D eigenvalue weighted by Gasteiger charge is 2.22. The SMILES string of the molecule is CN(C)CCOc1cncc(-c2cnc3c(c2)C(c2nc4c(-c5cccc(F)c5)nccc4[nH]2)=NCN3)c1. The zero-order chi connectivity index (χ0) is 26.1. The number of halogens is 1. The van der Waals surface area contributed by atoms with Crippen LogP contribution in [0, 0.1) is 5.82 Å². The third-order valence-corrected chi connectivity index (χ3v) is 6.20. The Labute approximate surface area is 218 Å². The molecule has 1 aromatic carbocycles. The number of aliphatic imine (C=N–C) groups is 1. The van der Waals surface area contributed by atoms with E-state index in [9.17, 15) is 4.39 Å². The maximum atomic E-state index is 13.9. The topological polar surface area (TPSA) is 104 Å². The highest BCUT2D eigenvalue weighted by molar-refractivity contribution is 6.16. The van der Waals surface area contributed by atoms with Gasteiger partial charge in [0.15, 0.2) is 5.82 Å². The van der Waals surface area contributed by atoms with Gasteiger partial charge in [-0.1, -0.05) is 12.1 Å². The molecule has 0 amide bonds. The molecule has 0 radical (unpaired) electrons. The maximum Gasteiger partial charge on any atom is 0.157 e. The number of anilines is 1. The van der Waals surface area contributed by atoms with Crippen molar-refractivity contribution in [3.05, 3.63) is 84.5 Å². The molecule has 9 nitrogen and oxygen atoms in total. The normalized spacial score (nSPS) is 12.8.